The van der Waals surface area contributed by atoms with Crippen LogP contribution in [0.15, 0.2) is 59.9 Å². The largest absolute Gasteiger partial charge is 0.325 e. The van der Waals surface area contributed by atoms with Gasteiger partial charge in [-0.25, -0.2) is 9.97 Å². The van der Waals surface area contributed by atoms with Gasteiger partial charge in [0.25, 0.3) is 0 Å². The zero-order valence-electron chi connectivity index (χ0n) is 14.8. The quantitative estimate of drug-likeness (QED) is 0.396. The SMILES string of the molecule is Cc1ccc(-n2nnc3c(SCC(=O)Nc4cccc(Cl)c4)ncnc32)cc1. The van der Waals surface area contributed by atoms with Crippen LogP contribution >= 0.6 is 23.4 Å². The zero-order chi connectivity index (χ0) is 19.5. The minimum absolute atomic E-state index is 0.162. The Labute approximate surface area is 170 Å². The highest BCUT2D eigenvalue weighted by Gasteiger charge is 2.14. The molecule has 0 aliphatic heterocycles. The van der Waals surface area contributed by atoms with E-state index in [2.05, 4.69) is 25.6 Å². The molecule has 2 aromatic carbocycles. The molecule has 0 saturated heterocycles. The van der Waals surface area contributed by atoms with E-state index in [1.807, 2.05) is 31.2 Å². The highest BCUT2D eigenvalue weighted by Crippen LogP contribution is 2.24. The molecule has 0 spiro atoms. The Kier molecular flexibility index (Phi) is 5.23. The number of nitrogens with one attached hydrogen (secondary N) is 1. The van der Waals surface area contributed by atoms with E-state index in [0.717, 1.165) is 11.3 Å². The Hall–Kier alpha value is -2.97. The Bertz CT molecular complexity index is 1140. The fraction of sp³-hybridized carbons (Fsp3) is 0.105. The van der Waals surface area contributed by atoms with E-state index in [4.69, 9.17) is 11.6 Å². The molecule has 140 valence electrons. The molecule has 0 atom stereocenters. The van der Waals surface area contributed by atoms with E-state index in [1.54, 1.807) is 28.9 Å². The number of carbonyl (C=O) groups excluding carboxylic acids is 1. The van der Waals surface area contributed by atoms with Gasteiger partial charge in [-0.3, -0.25) is 4.79 Å². The minimum atomic E-state index is -0.162. The second-order valence-electron chi connectivity index (χ2n) is 6.04. The Morgan fingerprint density at radius 2 is 2.00 bits per heavy atom. The van der Waals surface area contributed by atoms with Crippen LogP contribution in [0.5, 0.6) is 0 Å². The second kappa shape index (κ2) is 7.95. The summed E-state index contributed by atoms with van der Waals surface area (Å²) in [6.45, 7) is 2.02. The number of aryl methyl sites for hydroxylation is 1. The molecule has 0 unspecified atom stereocenters. The van der Waals surface area contributed by atoms with Crippen molar-refractivity contribution in [3.8, 4) is 5.69 Å². The molecule has 1 N–H and O–H groups in total. The highest BCUT2D eigenvalue weighted by atomic mass is 35.5. The van der Waals surface area contributed by atoms with Crippen molar-refractivity contribution in [2.24, 2.45) is 0 Å². The Morgan fingerprint density at radius 3 is 2.79 bits per heavy atom. The molecule has 1 amide bonds. The molecule has 4 aromatic rings. The molecule has 0 fully saturated rings. The number of anilines is 1. The fourth-order valence-electron chi connectivity index (χ4n) is 2.59. The van der Waals surface area contributed by atoms with Gasteiger partial charge in [0, 0.05) is 10.7 Å². The number of benzene rings is 2. The number of halogens is 1. The summed E-state index contributed by atoms with van der Waals surface area (Å²) in [7, 11) is 0. The van der Waals surface area contributed by atoms with E-state index in [0.29, 0.717) is 26.9 Å². The summed E-state index contributed by atoms with van der Waals surface area (Å²) < 4.78 is 1.66. The smallest absolute Gasteiger partial charge is 0.234 e. The molecule has 28 heavy (non-hydrogen) atoms. The second-order valence-corrected chi connectivity index (χ2v) is 7.44. The lowest BCUT2D eigenvalue weighted by Gasteiger charge is -2.05. The van der Waals surface area contributed by atoms with Gasteiger partial charge in [0.2, 0.25) is 5.91 Å². The van der Waals surface area contributed by atoms with Gasteiger partial charge in [-0.2, -0.15) is 4.68 Å². The van der Waals surface area contributed by atoms with Gasteiger partial charge >= 0.3 is 0 Å². The summed E-state index contributed by atoms with van der Waals surface area (Å²) in [5.74, 6) is 0.0145. The summed E-state index contributed by atoms with van der Waals surface area (Å²) in [4.78, 5) is 20.8. The molecular weight excluding hydrogens is 396 g/mol. The van der Waals surface area contributed by atoms with E-state index in [1.165, 1.54) is 18.1 Å². The van der Waals surface area contributed by atoms with Gasteiger partial charge in [-0.05, 0) is 37.3 Å². The Morgan fingerprint density at radius 1 is 1.18 bits per heavy atom. The monoisotopic (exact) mass is 410 g/mol. The van der Waals surface area contributed by atoms with Gasteiger partial charge in [0.15, 0.2) is 11.2 Å². The maximum Gasteiger partial charge on any atom is 0.234 e. The number of hydrogen-bond acceptors (Lipinski definition) is 6. The van der Waals surface area contributed by atoms with E-state index >= 15 is 0 Å². The third-order valence-corrected chi connectivity index (χ3v) is 5.14. The molecule has 0 aliphatic carbocycles. The molecule has 0 radical (unpaired) electrons. The molecule has 2 heterocycles. The number of amides is 1. The predicted octanol–water partition coefficient (Wildman–Crippen LogP) is 3.90. The van der Waals surface area contributed by atoms with E-state index in [9.17, 15) is 4.79 Å². The summed E-state index contributed by atoms with van der Waals surface area (Å²) in [6.07, 6.45) is 1.45. The van der Waals surface area contributed by atoms with Gasteiger partial charge in [0.1, 0.15) is 11.4 Å². The number of fused-ring (bicyclic) bond motifs is 1. The molecule has 7 nitrogen and oxygen atoms in total. The lowest BCUT2D eigenvalue weighted by Crippen LogP contribution is -2.14. The number of hydrogen-bond donors (Lipinski definition) is 1. The Balaban J connectivity index is 1.51. The van der Waals surface area contributed by atoms with Crippen LogP contribution in [0, 0.1) is 6.92 Å². The standard InChI is InChI=1S/C19H15ClN6OS/c1-12-5-7-15(8-6-12)26-18-17(24-25-26)19(22-11-21-18)28-10-16(27)23-14-4-2-3-13(20)9-14/h2-9,11H,10H2,1H3,(H,23,27). The first-order valence-electron chi connectivity index (χ1n) is 8.42. The van der Waals surface area contributed by atoms with Gasteiger partial charge in [-0.1, -0.05) is 52.3 Å². The first kappa shape index (κ1) is 18.4. The summed E-state index contributed by atoms with van der Waals surface area (Å²) in [5.41, 5.74) is 3.82. The highest BCUT2D eigenvalue weighted by molar-refractivity contribution is 8.00. The van der Waals surface area contributed by atoms with Crippen molar-refractivity contribution < 1.29 is 4.79 Å². The predicted molar refractivity (Wildman–Crippen MR) is 110 cm³/mol. The molecule has 9 heteroatoms. The minimum Gasteiger partial charge on any atom is -0.325 e. The molecule has 0 saturated carbocycles. The normalized spacial score (nSPS) is 10.9. The third kappa shape index (κ3) is 3.97. The van der Waals surface area contributed by atoms with Gasteiger partial charge in [0.05, 0.1) is 11.4 Å². The number of rotatable bonds is 5. The maximum absolute atomic E-state index is 12.2. The van der Waals surface area contributed by atoms with Crippen molar-refractivity contribution in [2.45, 2.75) is 11.9 Å². The van der Waals surface area contributed by atoms with Crippen LogP contribution in [-0.4, -0.2) is 36.6 Å². The molecular formula is C19H15ClN6OS. The van der Waals surface area contributed by atoms with Crippen molar-refractivity contribution in [2.75, 3.05) is 11.1 Å². The number of thioether (sulfide) groups is 1. The molecule has 4 rings (SSSR count). The van der Waals surface area contributed by atoms with Crippen molar-refractivity contribution >= 4 is 46.1 Å². The molecule has 0 aliphatic rings. The summed E-state index contributed by atoms with van der Waals surface area (Å²) >= 11 is 7.22. The lowest BCUT2D eigenvalue weighted by molar-refractivity contribution is -0.113. The van der Waals surface area contributed by atoms with Crippen LogP contribution in [0.3, 0.4) is 0 Å². The zero-order valence-corrected chi connectivity index (χ0v) is 16.4. The van der Waals surface area contributed by atoms with Crippen LogP contribution in [0.1, 0.15) is 5.56 Å². The number of aromatic nitrogens is 5. The van der Waals surface area contributed by atoms with Gasteiger partial charge < -0.3 is 5.32 Å². The van der Waals surface area contributed by atoms with Crippen molar-refractivity contribution in [3.63, 3.8) is 0 Å². The lowest BCUT2D eigenvalue weighted by atomic mass is 10.2. The maximum atomic E-state index is 12.2. The molecule has 0 bridgehead atoms. The van der Waals surface area contributed by atoms with Crippen LogP contribution in [0.25, 0.3) is 16.9 Å². The third-order valence-electron chi connectivity index (χ3n) is 3.93. The van der Waals surface area contributed by atoms with Crippen LogP contribution in [-0.2, 0) is 4.79 Å². The fourth-order valence-corrected chi connectivity index (χ4v) is 3.51. The summed E-state index contributed by atoms with van der Waals surface area (Å²) in [5, 5.41) is 12.4. The van der Waals surface area contributed by atoms with Crippen molar-refractivity contribution in [1.29, 1.82) is 0 Å². The van der Waals surface area contributed by atoms with Crippen LogP contribution in [0.2, 0.25) is 5.02 Å². The summed E-state index contributed by atoms with van der Waals surface area (Å²) in [6, 6.07) is 14.9. The van der Waals surface area contributed by atoms with Crippen LogP contribution in [0.4, 0.5) is 5.69 Å². The molecule has 2 aromatic heterocycles. The number of carbonyl (C=O) groups is 1. The first-order valence-corrected chi connectivity index (χ1v) is 9.78. The topological polar surface area (TPSA) is 85.6 Å². The van der Waals surface area contributed by atoms with Crippen molar-refractivity contribution in [3.05, 3.63) is 65.4 Å². The number of nitrogens with zero attached hydrogens (tertiary/aromatic N) is 5. The average molecular weight is 411 g/mol. The van der Waals surface area contributed by atoms with Crippen molar-refractivity contribution in [1.82, 2.24) is 25.0 Å². The first-order chi connectivity index (χ1) is 13.6. The van der Waals surface area contributed by atoms with E-state index < -0.39 is 0 Å². The van der Waals surface area contributed by atoms with E-state index in [-0.39, 0.29) is 11.7 Å². The average Bonchev–Trinajstić information content (AvgIpc) is 3.12. The van der Waals surface area contributed by atoms with Gasteiger partial charge in [-0.15, -0.1) is 5.10 Å². The van der Waals surface area contributed by atoms with Crippen LogP contribution < -0.4 is 5.32 Å².